The van der Waals surface area contributed by atoms with Crippen molar-refractivity contribution in [2.45, 2.75) is 26.2 Å². The van der Waals surface area contributed by atoms with Crippen LogP contribution in [-0.2, 0) is 4.57 Å². The largest absolute Gasteiger partial charge is 0.377 e. The number of ketones is 1. The van der Waals surface area contributed by atoms with Gasteiger partial charge in [-0.15, -0.1) is 0 Å². The minimum atomic E-state index is -1.61. The molecule has 0 aliphatic rings. The van der Waals surface area contributed by atoms with Gasteiger partial charge >= 0.3 is 7.80 Å². The van der Waals surface area contributed by atoms with Crippen LogP contribution in [0.25, 0.3) is 0 Å². The molecule has 0 aliphatic heterocycles. The van der Waals surface area contributed by atoms with Crippen molar-refractivity contribution in [3.63, 3.8) is 0 Å². The fraction of sp³-hybridized carbons (Fsp3) is 0.278. The van der Waals surface area contributed by atoms with Gasteiger partial charge in [-0.1, -0.05) is 59.3 Å². The van der Waals surface area contributed by atoms with Gasteiger partial charge in [-0.2, -0.15) is 0 Å². The first-order valence-electron chi connectivity index (χ1n) is 7.58. The third-order valence-electron chi connectivity index (χ3n) is 3.57. The number of carbonyl (C=O) groups is 1. The van der Waals surface area contributed by atoms with Crippen LogP contribution in [0.1, 0.15) is 42.1 Å². The number of hydrogen-bond donors (Lipinski definition) is 0. The molecule has 0 saturated carbocycles. The van der Waals surface area contributed by atoms with E-state index in [0.717, 1.165) is 19.3 Å². The summed E-state index contributed by atoms with van der Waals surface area (Å²) in [6, 6.07) is 11.9. The first-order chi connectivity index (χ1) is 11.1. The minimum Gasteiger partial charge on any atom is -0.288 e. The molecule has 0 amide bonds. The molecule has 2 aromatic rings. The average molecular weight is 368 g/mol. The highest BCUT2D eigenvalue weighted by Crippen LogP contribution is 2.30. The standard InChI is InChI=1S/C18H18Cl2O2P/c1-2-3-6-12-23(22)16-11-5-4-8-13(16)18(21)17-14(19)9-7-10-15(17)20/h4-5,7-11H,2-3,6,12H2,1H3/q+1. The molecule has 0 N–H and O–H groups in total. The van der Waals surface area contributed by atoms with E-state index in [1.54, 1.807) is 42.5 Å². The van der Waals surface area contributed by atoms with Crippen molar-refractivity contribution >= 4 is 42.1 Å². The molecule has 2 nitrogen and oxygen atoms in total. The van der Waals surface area contributed by atoms with Gasteiger partial charge in [0.05, 0.1) is 21.2 Å². The minimum absolute atomic E-state index is 0.264. The van der Waals surface area contributed by atoms with Gasteiger partial charge in [0.15, 0.2) is 6.16 Å². The van der Waals surface area contributed by atoms with E-state index < -0.39 is 7.80 Å². The van der Waals surface area contributed by atoms with Gasteiger partial charge in [0.1, 0.15) is 0 Å². The molecule has 1 atom stereocenters. The molecule has 0 spiro atoms. The zero-order valence-electron chi connectivity index (χ0n) is 12.9. The van der Waals surface area contributed by atoms with Crippen LogP contribution in [0, 0.1) is 0 Å². The maximum atomic E-state index is 12.8. The van der Waals surface area contributed by atoms with Gasteiger partial charge < -0.3 is 0 Å². The van der Waals surface area contributed by atoms with E-state index in [1.807, 2.05) is 0 Å². The lowest BCUT2D eigenvalue weighted by molar-refractivity contribution is 0.104. The molecule has 120 valence electrons. The zero-order valence-corrected chi connectivity index (χ0v) is 15.3. The van der Waals surface area contributed by atoms with Crippen LogP contribution >= 0.6 is 31.0 Å². The Bertz CT molecular complexity index is 708. The third kappa shape index (κ3) is 4.41. The summed E-state index contributed by atoms with van der Waals surface area (Å²) in [4.78, 5) is 12.8. The third-order valence-corrected chi connectivity index (χ3v) is 5.85. The smallest absolute Gasteiger partial charge is 0.288 e. The summed E-state index contributed by atoms with van der Waals surface area (Å²) in [5.74, 6) is -0.282. The van der Waals surface area contributed by atoms with Crippen molar-refractivity contribution in [3.8, 4) is 0 Å². The van der Waals surface area contributed by atoms with Crippen molar-refractivity contribution in [1.82, 2.24) is 0 Å². The highest BCUT2D eigenvalue weighted by molar-refractivity contribution is 7.53. The Kier molecular flexibility index (Phi) is 6.77. The second-order valence-corrected chi connectivity index (χ2v) is 7.75. The Labute approximate surface area is 147 Å². The lowest BCUT2D eigenvalue weighted by atomic mass is 10.0. The SMILES string of the molecule is CCCCC[P+](=O)c1ccccc1C(=O)c1c(Cl)cccc1Cl. The molecule has 0 radical (unpaired) electrons. The number of benzene rings is 2. The summed E-state index contributed by atoms with van der Waals surface area (Å²) in [5, 5.41) is 1.19. The summed E-state index contributed by atoms with van der Waals surface area (Å²) in [6.07, 6.45) is 3.58. The molecule has 2 rings (SSSR count). The van der Waals surface area contributed by atoms with Gasteiger partial charge in [0.2, 0.25) is 11.1 Å². The quantitative estimate of drug-likeness (QED) is 0.348. The number of carbonyl (C=O) groups excluding carboxylic acids is 1. The van der Waals surface area contributed by atoms with E-state index in [9.17, 15) is 9.36 Å². The Morgan fingerprint density at radius 1 is 1.00 bits per heavy atom. The van der Waals surface area contributed by atoms with Crippen molar-refractivity contribution in [2.24, 2.45) is 0 Å². The van der Waals surface area contributed by atoms with Crippen LogP contribution in [0.3, 0.4) is 0 Å². The maximum absolute atomic E-state index is 12.8. The summed E-state index contributed by atoms with van der Waals surface area (Å²) >= 11 is 12.3. The van der Waals surface area contributed by atoms with E-state index in [0.29, 0.717) is 27.1 Å². The predicted octanol–water partition coefficient (Wildman–Crippen LogP) is 5.87. The van der Waals surface area contributed by atoms with Crippen LogP contribution < -0.4 is 5.30 Å². The summed E-state index contributed by atoms with van der Waals surface area (Å²) in [6.45, 7) is 2.10. The van der Waals surface area contributed by atoms with Crippen molar-refractivity contribution in [2.75, 3.05) is 6.16 Å². The lowest BCUT2D eigenvalue weighted by Crippen LogP contribution is -2.14. The van der Waals surface area contributed by atoms with Gasteiger partial charge in [0.25, 0.3) is 0 Å². The van der Waals surface area contributed by atoms with E-state index in [4.69, 9.17) is 23.2 Å². The molecule has 0 aliphatic carbocycles. The fourth-order valence-corrected chi connectivity index (χ4v) is 4.38. The van der Waals surface area contributed by atoms with E-state index in [-0.39, 0.29) is 11.3 Å². The summed E-state index contributed by atoms with van der Waals surface area (Å²) in [7, 11) is -1.61. The molecule has 1 unspecified atom stereocenters. The second-order valence-electron chi connectivity index (χ2n) is 5.25. The summed E-state index contributed by atoms with van der Waals surface area (Å²) < 4.78 is 12.6. The number of halogens is 2. The molecule has 0 aromatic heterocycles. The highest BCUT2D eigenvalue weighted by atomic mass is 35.5. The maximum Gasteiger partial charge on any atom is 0.377 e. The van der Waals surface area contributed by atoms with Crippen LogP contribution in [0.5, 0.6) is 0 Å². The van der Waals surface area contributed by atoms with E-state index in [2.05, 4.69) is 6.92 Å². The predicted molar refractivity (Wildman–Crippen MR) is 98.0 cm³/mol. The first-order valence-corrected chi connectivity index (χ1v) is 9.78. The average Bonchev–Trinajstić information content (AvgIpc) is 2.54. The zero-order chi connectivity index (χ0) is 16.8. The van der Waals surface area contributed by atoms with Crippen molar-refractivity contribution in [1.29, 1.82) is 0 Å². The van der Waals surface area contributed by atoms with Crippen LogP contribution in [0.15, 0.2) is 42.5 Å². The van der Waals surface area contributed by atoms with Gasteiger partial charge in [0, 0.05) is 0 Å². The Balaban J connectivity index is 2.37. The van der Waals surface area contributed by atoms with Crippen LogP contribution in [0.4, 0.5) is 0 Å². The molecule has 0 bridgehead atoms. The normalized spacial score (nSPS) is 11.3. The summed E-state index contributed by atoms with van der Waals surface area (Å²) in [5.41, 5.74) is 0.681. The van der Waals surface area contributed by atoms with Gasteiger partial charge in [-0.3, -0.25) is 4.79 Å². The first kappa shape index (κ1) is 18.1. The molecule has 0 saturated heterocycles. The number of rotatable bonds is 7. The second kappa shape index (κ2) is 8.59. The molecule has 2 aromatic carbocycles. The highest BCUT2D eigenvalue weighted by Gasteiger charge is 2.28. The lowest BCUT2D eigenvalue weighted by Gasteiger charge is -2.06. The topological polar surface area (TPSA) is 34.1 Å². The fourth-order valence-electron chi connectivity index (χ4n) is 2.36. The van der Waals surface area contributed by atoms with Crippen LogP contribution in [-0.4, -0.2) is 11.9 Å². The monoisotopic (exact) mass is 367 g/mol. The molecular formula is C18H18Cl2O2P+. The van der Waals surface area contributed by atoms with Crippen molar-refractivity contribution < 1.29 is 9.36 Å². The number of unbranched alkanes of at least 4 members (excludes halogenated alkanes) is 2. The molecular weight excluding hydrogens is 350 g/mol. The van der Waals surface area contributed by atoms with Crippen LogP contribution in [0.2, 0.25) is 10.0 Å². The van der Waals surface area contributed by atoms with Crippen molar-refractivity contribution in [3.05, 3.63) is 63.6 Å². The Hall–Kier alpha value is -1.21. The Morgan fingerprint density at radius 3 is 2.30 bits per heavy atom. The Morgan fingerprint density at radius 2 is 1.65 bits per heavy atom. The number of hydrogen-bond acceptors (Lipinski definition) is 2. The molecule has 23 heavy (non-hydrogen) atoms. The molecule has 0 fully saturated rings. The van der Waals surface area contributed by atoms with Gasteiger partial charge in [-0.05, 0) is 37.1 Å². The van der Waals surface area contributed by atoms with E-state index in [1.165, 1.54) is 0 Å². The van der Waals surface area contributed by atoms with E-state index >= 15 is 0 Å². The molecule has 5 heteroatoms. The molecule has 0 heterocycles. The van der Waals surface area contributed by atoms with Gasteiger partial charge in [-0.25, -0.2) is 0 Å².